The molecule has 0 aliphatic carbocycles. The van der Waals surface area contributed by atoms with Gasteiger partial charge in [-0.2, -0.15) is 0 Å². The summed E-state index contributed by atoms with van der Waals surface area (Å²) in [5, 5.41) is 2.54. The first-order valence-electron chi connectivity index (χ1n) is 3.58. The average molecular weight is 153 g/mol. The lowest BCUT2D eigenvalue weighted by Gasteiger charge is -1.96. The van der Waals surface area contributed by atoms with Crippen molar-refractivity contribution < 1.29 is 9.21 Å². The molecule has 0 aliphatic heterocycles. The van der Waals surface area contributed by atoms with E-state index in [0.717, 1.165) is 12.2 Å². The zero-order chi connectivity index (χ0) is 8.27. The van der Waals surface area contributed by atoms with Crippen molar-refractivity contribution in [2.45, 2.75) is 13.3 Å². The minimum atomic E-state index is -0.0874. The molecule has 1 aromatic rings. The molecule has 0 atom stereocenters. The molecule has 3 heteroatoms. The normalized spacial score (nSPS) is 9.64. The molecule has 1 heterocycles. The Labute approximate surface area is 65.4 Å². The van der Waals surface area contributed by atoms with Gasteiger partial charge in [0.1, 0.15) is 5.76 Å². The van der Waals surface area contributed by atoms with Gasteiger partial charge >= 0.3 is 0 Å². The van der Waals surface area contributed by atoms with Crippen LogP contribution < -0.4 is 5.32 Å². The van der Waals surface area contributed by atoms with E-state index < -0.39 is 0 Å². The topological polar surface area (TPSA) is 42.2 Å². The van der Waals surface area contributed by atoms with E-state index in [1.54, 1.807) is 13.1 Å². The van der Waals surface area contributed by atoms with Crippen LogP contribution in [0.25, 0.3) is 0 Å². The van der Waals surface area contributed by atoms with E-state index in [9.17, 15) is 4.79 Å². The van der Waals surface area contributed by atoms with Gasteiger partial charge in [0.2, 0.25) is 0 Å². The van der Waals surface area contributed by atoms with Crippen molar-refractivity contribution in [1.29, 1.82) is 0 Å². The summed E-state index contributed by atoms with van der Waals surface area (Å²) >= 11 is 0. The second-order valence-corrected chi connectivity index (χ2v) is 2.19. The summed E-state index contributed by atoms with van der Waals surface area (Å²) in [5.41, 5.74) is 0.634. The molecular formula is C8H11NO2. The highest BCUT2D eigenvalue weighted by molar-refractivity contribution is 5.94. The van der Waals surface area contributed by atoms with Crippen LogP contribution in [0.2, 0.25) is 0 Å². The van der Waals surface area contributed by atoms with Gasteiger partial charge in [-0.05, 0) is 6.07 Å². The summed E-state index contributed by atoms with van der Waals surface area (Å²) in [7, 11) is 1.61. The smallest absolute Gasteiger partial charge is 0.254 e. The van der Waals surface area contributed by atoms with Crippen LogP contribution in [0.15, 0.2) is 16.7 Å². The maximum Gasteiger partial charge on any atom is 0.254 e. The summed E-state index contributed by atoms with van der Waals surface area (Å²) in [4.78, 5) is 11.1. The minimum Gasteiger partial charge on any atom is -0.469 e. The van der Waals surface area contributed by atoms with Crippen LogP contribution in [0.1, 0.15) is 23.0 Å². The van der Waals surface area contributed by atoms with Crippen LogP contribution >= 0.6 is 0 Å². The molecule has 3 nitrogen and oxygen atoms in total. The molecule has 0 saturated carbocycles. The van der Waals surface area contributed by atoms with Crippen molar-refractivity contribution in [3.63, 3.8) is 0 Å². The summed E-state index contributed by atoms with van der Waals surface area (Å²) in [6.07, 6.45) is 2.28. The Balaban J connectivity index is 2.92. The van der Waals surface area contributed by atoms with E-state index in [0.29, 0.717) is 5.56 Å². The third kappa shape index (κ3) is 1.42. The van der Waals surface area contributed by atoms with Crippen LogP contribution in [0.5, 0.6) is 0 Å². The highest BCUT2D eigenvalue weighted by Gasteiger charge is 2.10. The quantitative estimate of drug-likeness (QED) is 0.693. The molecule has 0 bridgehead atoms. The molecular weight excluding hydrogens is 142 g/mol. The number of carbonyl (C=O) groups excluding carboxylic acids is 1. The van der Waals surface area contributed by atoms with Crippen molar-refractivity contribution in [3.05, 3.63) is 23.7 Å². The number of furan rings is 1. The largest absolute Gasteiger partial charge is 0.469 e. The lowest BCUT2D eigenvalue weighted by atomic mass is 10.2. The molecule has 0 aromatic carbocycles. The van der Waals surface area contributed by atoms with Gasteiger partial charge in [0, 0.05) is 13.5 Å². The highest BCUT2D eigenvalue weighted by Crippen LogP contribution is 2.10. The first kappa shape index (κ1) is 7.85. The van der Waals surface area contributed by atoms with Crippen LogP contribution in [-0.4, -0.2) is 13.0 Å². The minimum absolute atomic E-state index is 0.0874. The zero-order valence-corrected chi connectivity index (χ0v) is 6.68. The van der Waals surface area contributed by atoms with Gasteiger partial charge in [0.15, 0.2) is 0 Å². The molecule has 0 spiro atoms. The number of rotatable bonds is 2. The van der Waals surface area contributed by atoms with Gasteiger partial charge in [-0.1, -0.05) is 6.92 Å². The number of amides is 1. The molecule has 0 unspecified atom stereocenters. The van der Waals surface area contributed by atoms with E-state index >= 15 is 0 Å². The number of hydrogen-bond acceptors (Lipinski definition) is 2. The Hall–Kier alpha value is -1.25. The summed E-state index contributed by atoms with van der Waals surface area (Å²) in [6, 6.07) is 1.68. The fourth-order valence-electron chi connectivity index (χ4n) is 0.951. The predicted octanol–water partition coefficient (Wildman–Crippen LogP) is 1.20. The lowest BCUT2D eigenvalue weighted by molar-refractivity contribution is 0.0961. The zero-order valence-electron chi connectivity index (χ0n) is 6.68. The van der Waals surface area contributed by atoms with Crippen molar-refractivity contribution in [2.24, 2.45) is 0 Å². The van der Waals surface area contributed by atoms with Crippen molar-refractivity contribution >= 4 is 5.91 Å². The SMILES string of the molecule is CCc1occc1C(=O)NC. The van der Waals surface area contributed by atoms with Gasteiger partial charge in [-0.25, -0.2) is 0 Å². The average Bonchev–Trinajstić information content (AvgIpc) is 2.50. The van der Waals surface area contributed by atoms with Gasteiger partial charge in [0.05, 0.1) is 11.8 Å². The van der Waals surface area contributed by atoms with E-state index in [4.69, 9.17) is 4.42 Å². The number of nitrogens with one attached hydrogen (secondary N) is 1. The second kappa shape index (κ2) is 3.23. The summed E-state index contributed by atoms with van der Waals surface area (Å²) in [5.74, 6) is 0.653. The molecule has 0 fully saturated rings. The maximum atomic E-state index is 11.1. The third-order valence-corrected chi connectivity index (χ3v) is 1.54. The fourth-order valence-corrected chi connectivity index (χ4v) is 0.951. The van der Waals surface area contributed by atoms with Crippen LogP contribution in [0, 0.1) is 0 Å². The Bertz CT molecular complexity index is 252. The second-order valence-electron chi connectivity index (χ2n) is 2.19. The van der Waals surface area contributed by atoms with E-state index in [1.807, 2.05) is 6.92 Å². The van der Waals surface area contributed by atoms with E-state index in [-0.39, 0.29) is 5.91 Å². The van der Waals surface area contributed by atoms with Crippen molar-refractivity contribution in [3.8, 4) is 0 Å². The Morgan fingerprint density at radius 3 is 3.00 bits per heavy atom. The van der Waals surface area contributed by atoms with Crippen molar-refractivity contribution in [2.75, 3.05) is 7.05 Å². The van der Waals surface area contributed by atoms with Gasteiger partial charge in [0.25, 0.3) is 5.91 Å². The van der Waals surface area contributed by atoms with E-state index in [1.165, 1.54) is 6.26 Å². The molecule has 0 saturated heterocycles. The summed E-state index contributed by atoms with van der Waals surface area (Å²) in [6.45, 7) is 1.95. The first-order valence-corrected chi connectivity index (χ1v) is 3.58. The van der Waals surface area contributed by atoms with Crippen LogP contribution in [-0.2, 0) is 6.42 Å². The molecule has 11 heavy (non-hydrogen) atoms. The monoisotopic (exact) mass is 153 g/mol. The molecule has 1 aromatic heterocycles. The highest BCUT2D eigenvalue weighted by atomic mass is 16.3. The summed E-state index contributed by atoms with van der Waals surface area (Å²) < 4.78 is 5.08. The van der Waals surface area contributed by atoms with Gasteiger partial charge < -0.3 is 9.73 Å². The fraction of sp³-hybridized carbons (Fsp3) is 0.375. The molecule has 60 valence electrons. The van der Waals surface area contributed by atoms with Gasteiger partial charge in [-0.15, -0.1) is 0 Å². The molecule has 0 radical (unpaired) electrons. The molecule has 1 rings (SSSR count). The number of carbonyl (C=O) groups is 1. The first-order chi connectivity index (χ1) is 5.29. The molecule has 1 N–H and O–H groups in total. The Kier molecular flexibility index (Phi) is 2.31. The lowest BCUT2D eigenvalue weighted by Crippen LogP contribution is -2.18. The third-order valence-electron chi connectivity index (χ3n) is 1.54. The van der Waals surface area contributed by atoms with Gasteiger partial charge in [-0.3, -0.25) is 4.79 Å². The maximum absolute atomic E-state index is 11.1. The van der Waals surface area contributed by atoms with Crippen molar-refractivity contribution in [1.82, 2.24) is 5.32 Å². The predicted molar refractivity (Wildman–Crippen MR) is 41.5 cm³/mol. The van der Waals surface area contributed by atoms with E-state index in [2.05, 4.69) is 5.32 Å². The number of aryl methyl sites for hydroxylation is 1. The van der Waals surface area contributed by atoms with Crippen LogP contribution in [0.3, 0.4) is 0 Å². The Morgan fingerprint density at radius 2 is 2.45 bits per heavy atom. The number of hydrogen-bond donors (Lipinski definition) is 1. The standard InChI is InChI=1S/C8H11NO2/c1-3-7-6(4-5-11-7)8(10)9-2/h4-5H,3H2,1-2H3,(H,9,10). The van der Waals surface area contributed by atoms with Crippen LogP contribution in [0.4, 0.5) is 0 Å². The Morgan fingerprint density at radius 1 is 1.73 bits per heavy atom. The molecule has 1 amide bonds. The molecule has 0 aliphatic rings.